The average Bonchev–Trinajstić information content (AvgIpc) is 2.59. The van der Waals surface area contributed by atoms with Crippen molar-refractivity contribution >= 4 is 5.91 Å². The van der Waals surface area contributed by atoms with E-state index < -0.39 is 0 Å². The van der Waals surface area contributed by atoms with Crippen LogP contribution in [-0.2, 0) is 13.0 Å². The molecule has 1 unspecified atom stereocenters. The molecule has 0 saturated heterocycles. The zero-order valence-corrected chi connectivity index (χ0v) is 14.1. The second-order valence-electron chi connectivity index (χ2n) is 6.43. The van der Waals surface area contributed by atoms with Gasteiger partial charge in [-0.2, -0.15) is 0 Å². The first kappa shape index (κ1) is 16.5. The van der Waals surface area contributed by atoms with Crippen LogP contribution in [0.4, 0.5) is 0 Å². The SMILES string of the molecule is Cc1ccc(C(=O)NCC(C)N2CCc3ccccc3C2)c(=O)[nH]1. The fraction of sp³-hybridized carbons (Fsp3) is 0.368. The van der Waals surface area contributed by atoms with E-state index in [0.717, 1.165) is 25.2 Å². The molecule has 1 aromatic heterocycles. The number of H-pyrrole nitrogens is 1. The highest BCUT2D eigenvalue weighted by Gasteiger charge is 2.21. The summed E-state index contributed by atoms with van der Waals surface area (Å²) in [6.45, 7) is 6.30. The molecule has 2 N–H and O–H groups in total. The molecule has 0 aliphatic carbocycles. The molecule has 0 bridgehead atoms. The normalized spacial score (nSPS) is 15.6. The predicted molar refractivity (Wildman–Crippen MR) is 94.2 cm³/mol. The molecule has 1 aliphatic heterocycles. The summed E-state index contributed by atoms with van der Waals surface area (Å²) in [6.07, 6.45) is 1.03. The standard InChI is InChI=1S/C19H23N3O2/c1-13-7-8-17(19(24)21-13)18(23)20-11-14(2)22-10-9-15-5-3-4-6-16(15)12-22/h3-8,14H,9-12H2,1-2H3,(H,20,23)(H,21,24). The highest BCUT2D eigenvalue weighted by atomic mass is 16.2. The van der Waals surface area contributed by atoms with Crippen LogP contribution in [-0.4, -0.2) is 34.9 Å². The molecule has 5 nitrogen and oxygen atoms in total. The van der Waals surface area contributed by atoms with Gasteiger partial charge in [-0.05, 0) is 43.5 Å². The summed E-state index contributed by atoms with van der Waals surface area (Å²) in [5.41, 5.74) is 3.34. The van der Waals surface area contributed by atoms with Crippen LogP contribution < -0.4 is 10.9 Å². The zero-order chi connectivity index (χ0) is 17.1. The number of pyridine rings is 1. The van der Waals surface area contributed by atoms with Gasteiger partial charge in [0.2, 0.25) is 0 Å². The molecule has 5 heteroatoms. The van der Waals surface area contributed by atoms with E-state index in [2.05, 4.69) is 46.4 Å². The van der Waals surface area contributed by atoms with Crippen molar-refractivity contribution in [2.24, 2.45) is 0 Å². The number of rotatable bonds is 4. The second-order valence-corrected chi connectivity index (χ2v) is 6.43. The predicted octanol–water partition coefficient (Wildman–Crippen LogP) is 1.86. The van der Waals surface area contributed by atoms with Gasteiger partial charge in [-0.3, -0.25) is 14.5 Å². The highest BCUT2D eigenvalue weighted by molar-refractivity contribution is 5.93. The van der Waals surface area contributed by atoms with Crippen molar-refractivity contribution in [3.63, 3.8) is 0 Å². The Morgan fingerprint density at radius 1 is 1.25 bits per heavy atom. The summed E-state index contributed by atoms with van der Waals surface area (Å²) in [5.74, 6) is -0.319. The fourth-order valence-electron chi connectivity index (χ4n) is 3.11. The van der Waals surface area contributed by atoms with Gasteiger partial charge in [0.1, 0.15) is 5.56 Å². The number of hydrogen-bond acceptors (Lipinski definition) is 3. The number of carbonyl (C=O) groups is 1. The number of aromatic nitrogens is 1. The molecule has 1 aliphatic rings. The lowest BCUT2D eigenvalue weighted by molar-refractivity contribution is 0.0931. The molecular weight excluding hydrogens is 302 g/mol. The molecule has 1 aromatic carbocycles. The van der Waals surface area contributed by atoms with Crippen molar-refractivity contribution in [2.45, 2.75) is 32.9 Å². The molecular formula is C19H23N3O2. The maximum absolute atomic E-state index is 12.2. The van der Waals surface area contributed by atoms with Crippen LogP contribution in [0.25, 0.3) is 0 Å². The van der Waals surface area contributed by atoms with Gasteiger partial charge in [-0.25, -0.2) is 0 Å². The van der Waals surface area contributed by atoms with E-state index in [0.29, 0.717) is 6.54 Å². The number of aryl methyl sites for hydroxylation is 1. The van der Waals surface area contributed by atoms with E-state index in [9.17, 15) is 9.59 Å². The Kier molecular flexibility index (Phi) is 4.81. The second kappa shape index (κ2) is 7.01. The Labute approximate surface area is 141 Å². The highest BCUT2D eigenvalue weighted by Crippen LogP contribution is 2.19. The summed E-state index contributed by atoms with van der Waals surface area (Å²) in [5, 5.41) is 2.88. The molecule has 0 saturated carbocycles. The van der Waals surface area contributed by atoms with E-state index in [-0.39, 0.29) is 23.1 Å². The number of nitrogens with one attached hydrogen (secondary N) is 2. The number of nitrogens with zero attached hydrogens (tertiary/aromatic N) is 1. The third kappa shape index (κ3) is 3.57. The Morgan fingerprint density at radius 2 is 2.00 bits per heavy atom. The summed E-state index contributed by atoms with van der Waals surface area (Å²) in [4.78, 5) is 29.1. The van der Waals surface area contributed by atoms with Crippen molar-refractivity contribution in [3.05, 3.63) is 69.1 Å². The van der Waals surface area contributed by atoms with Gasteiger partial charge in [0.05, 0.1) is 0 Å². The van der Waals surface area contributed by atoms with Gasteiger partial charge >= 0.3 is 0 Å². The lowest BCUT2D eigenvalue weighted by Gasteiger charge is -2.33. The molecule has 0 radical (unpaired) electrons. The zero-order valence-electron chi connectivity index (χ0n) is 14.1. The van der Waals surface area contributed by atoms with Crippen molar-refractivity contribution in [3.8, 4) is 0 Å². The smallest absolute Gasteiger partial charge is 0.260 e. The van der Waals surface area contributed by atoms with Crippen molar-refractivity contribution < 1.29 is 4.79 Å². The van der Waals surface area contributed by atoms with Crippen molar-refractivity contribution in [1.29, 1.82) is 0 Å². The van der Waals surface area contributed by atoms with Gasteiger partial charge in [-0.15, -0.1) is 0 Å². The van der Waals surface area contributed by atoms with Crippen LogP contribution in [0.5, 0.6) is 0 Å². The number of fused-ring (bicyclic) bond motifs is 1. The molecule has 1 amide bonds. The van der Waals surface area contributed by atoms with Crippen LogP contribution in [0.15, 0.2) is 41.2 Å². The number of amides is 1. The first-order valence-corrected chi connectivity index (χ1v) is 8.33. The fourth-order valence-corrected chi connectivity index (χ4v) is 3.11. The molecule has 24 heavy (non-hydrogen) atoms. The van der Waals surface area contributed by atoms with Crippen molar-refractivity contribution in [1.82, 2.24) is 15.2 Å². The number of aromatic amines is 1. The summed E-state index contributed by atoms with van der Waals surface area (Å²) in [6, 6.07) is 12.0. The topological polar surface area (TPSA) is 65.2 Å². The molecule has 0 fully saturated rings. The first-order valence-electron chi connectivity index (χ1n) is 8.33. The van der Waals surface area contributed by atoms with E-state index >= 15 is 0 Å². The number of carbonyl (C=O) groups excluding carboxylic acids is 1. The van der Waals surface area contributed by atoms with E-state index in [1.807, 2.05) is 0 Å². The monoisotopic (exact) mass is 325 g/mol. The summed E-state index contributed by atoms with van der Waals surface area (Å²) < 4.78 is 0. The summed E-state index contributed by atoms with van der Waals surface area (Å²) in [7, 11) is 0. The van der Waals surface area contributed by atoms with Crippen LogP contribution in [0.3, 0.4) is 0 Å². The first-order chi connectivity index (χ1) is 11.5. The van der Waals surface area contributed by atoms with Gasteiger partial charge in [-0.1, -0.05) is 24.3 Å². The van der Waals surface area contributed by atoms with Gasteiger partial charge in [0, 0.05) is 31.4 Å². The molecule has 1 atom stereocenters. The largest absolute Gasteiger partial charge is 0.350 e. The van der Waals surface area contributed by atoms with Crippen LogP contribution in [0, 0.1) is 6.92 Å². The molecule has 126 valence electrons. The van der Waals surface area contributed by atoms with Crippen LogP contribution >= 0.6 is 0 Å². The maximum atomic E-state index is 12.2. The Balaban J connectivity index is 1.59. The van der Waals surface area contributed by atoms with Crippen LogP contribution in [0.1, 0.15) is 34.1 Å². The minimum atomic E-state index is -0.341. The Bertz CT molecular complexity index is 797. The van der Waals surface area contributed by atoms with E-state index in [4.69, 9.17) is 0 Å². The van der Waals surface area contributed by atoms with Crippen molar-refractivity contribution in [2.75, 3.05) is 13.1 Å². The number of hydrogen-bond donors (Lipinski definition) is 2. The van der Waals surface area contributed by atoms with Gasteiger partial charge in [0.15, 0.2) is 0 Å². The van der Waals surface area contributed by atoms with Crippen LogP contribution in [0.2, 0.25) is 0 Å². The lowest BCUT2D eigenvalue weighted by Crippen LogP contribution is -2.45. The molecule has 2 heterocycles. The van der Waals surface area contributed by atoms with Gasteiger partial charge in [0.25, 0.3) is 11.5 Å². The maximum Gasteiger partial charge on any atom is 0.260 e. The van der Waals surface area contributed by atoms with Gasteiger partial charge < -0.3 is 10.3 Å². The average molecular weight is 325 g/mol. The third-order valence-corrected chi connectivity index (χ3v) is 4.64. The molecule has 0 spiro atoms. The minimum Gasteiger partial charge on any atom is -0.350 e. The van der Waals surface area contributed by atoms with E-state index in [1.165, 1.54) is 11.1 Å². The number of benzene rings is 1. The molecule has 2 aromatic rings. The molecule has 3 rings (SSSR count). The lowest BCUT2D eigenvalue weighted by atomic mass is 9.99. The minimum absolute atomic E-state index is 0.164. The van der Waals surface area contributed by atoms with E-state index in [1.54, 1.807) is 19.1 Å². The quantitative estimate of drug-likeness (QED) is 0.902. The third-order valence-electron chi connectivity index (χ3n) is 4.64. The Hall–Kier alpha value is -2.40. The summed E-state index contributed by atoms with van der Waals surface area (Å²) >= 11 is 0. The Morgan fingerprint density at radius 3 is 2.75 bits per heavy atom.